The van der Waals surface area contributed by atoms with Crippen molar-refractivity contribution in [1.29, 1.82) is 0 Å². The molecule has 4 fully saturated rings. The van der Waals surface area contributed by atoms with Gasteiger partial charge in [0.2, 0.25) is 0 Å². The highest BCUT2D eigenvalue weighted by atomic mass is 127. The van der Waals surface area contributed by atoms with Gasteiger partial charge in [0.15, 0.2) is 0 Å². The molecule has 4 aliphatic carbocycles. The van der Waals surface area contributed by atoms with Gasteiger partial charge in [-0.2, -0.15) is 0 Å². The zero-order valence-corrected chi connectivity index (χ0v) is 22.1. The number of alkyl halides is 1. The topological polar surface area (TPSA) is 0 Å². The number of hydrogen-bond acceptors (Lipinski definition) is 0. The molecule has 0 saturated heterocycles. The first kappa shape index (κ1) is 20.4. The largest absolute Gasteiger partial charge is 0.0820 e. The molecule has 0 amide bonds. The van der Waals surface area contributed by atoms with Crippen molar-refractivity contribution in [2.75, 3.05) is 0 Å². The van der Waals surface area contributed by atoms with Gasteiger partial charge in [-0.25, -0.2) is 0 Å². The Labute approximate surface area is 180 Å². The number of halogens is 1. The van der Waals surface area contributed by atoms with Crippen molar-refractivity contribution in [2.45, 2.75) is 112 Å². The summed E-state index contributed by atoms with van der Waals surface area (Å²) in [6.07, 6.45) is 19.0. The van der Waals surface area contributed by atoms with Crippen molar-refractivity contribution in [3.63, 3.8) is 0 Å². The third kappa shape index (κ3) is 3.93. The molecule has 26 heavy (non-hydrogen) atoms. The van der Waals surface area contributed by atoms with E-state index in [4.69, 9.17) is 0 Å². The lowest BCUT2D eigenvalue weighted by Gasteiger charge is -2.43. The lowest BCUT2D eigenvalue weighted by molar-refractivity contribution is 0.173. The third-order valence-corrected chi connectivity index (χ3v) is 25.7. The van der Waals surface area contributed by atoms with Crippen LogP contribution in [0.3, 0.4) is 0 Å². The van der Waals surface area contributed by atoms with Crippen molar-refractivity contribution in [3.8, 4) is 0 Å². The van der Waals surface area contributed by atoms with Gasteiger partial charge in [-0.05, 0) is 54.4 Å². The van der Waals surface area contributed by atoms with Crippen LogP contribution in [0.4, 0.5) is 0 Å². The smallest absolute Gasteiger partial charge is 0.0285 e. The second kappa shape index (κ2) is 8.89. The van der Waals surface area contributed by atoms with Crippen LogP contribution in [0, 0.1) is 29.6 Å². The Bertz CT molecular complexity index is 469. The third-order valence-electron chi connectivity index (χ3n) is 9.84. The molecule has 0 radical (unpaired) electrons. The molecule has 4 rings (SSSR count). The predicted octanol–water partition coefficient (Wildman–Crippen LogP) is 7.16. The van der Waals surface area contributed by atoms with Crippen LogP contribution in [0.5, 0.6) is 0 Å². The maximum absolute atomic E-state index is 2.92. The van der Waals surface area contributed by atoms with Crippen LogP contribution in [-0.4, -0.2) is 20.6 Å². The minimum absolute atomic E-state index is 0.454. The van der Waals surface area contributed by atoms with E-state index >= 15 is 0 Å². The molecular weight excluding hydrogens is 459 g/mol. The van der Waals surface area contributed by atoms with Gasteiger partial charge in [0.1, 0.15) is 0 Å². The summed E-state index contributed by atoms with van der Waals surface area (Å²) in [4.78, 5) is 0. The molecule has 0 aromatic heterocycles. The first-order valence-electron chi connectivity index (χ1n) is 12.2. The minimum Gasteiger partial charge on any atom is -0.0820 e. The van der Waals surface area contributed by atoms with Gasteiger partial charge in [0.05, 0.1) is 0 Å². The fourth-order valence-electron chi connectivity index (χ4n) is 8.14. The monoisotopic (exact) mass is 502 g/mol. The van der Waals surface area contributed by atoms with Crippen molar-refractivity contribution in [2.24, 2.45) is 29.6 Å². The van der Waals surface area contributed by atoms with Crippen LogP contribution < -0.4 is 0 Å². The van der Waals surface area contributed by atoms with Crippen LogP contribution in [0.1, 0.15) is 84.0 Å². The van der Waals surface area contributed by atoms with E-state index < -0.39 is 16.6 Å². The van der Waals surface area contributed by atoms with Crippen molar-refractivity contribution >= 4 is 39.2 Å². The van der Waals surface area contributed by atoms with Crippen LogP contribution >= 0.6 is 22.6 Å². The van der Waals surface area contributed by atoms with Gasteiger partial charge in [0, 0.05) is 20.6 Å². The van der Waals surface area contributed by atoms with E-state index in [0.29, 0.717) is 0 Å². The molecule has 3 heteroatoms. The van der Waals surface area contributed by atoms with Crippen LogP contribution in [0.25, 0.3) is 0 Å². The highest BCUT2D eigenvalue weighted by Gasteiger charge is 2.52. The second-order valence-electron chi connectivity index (χ2n) is 10.9. The average molecular weight is 503 g/mol. The molecule has 0 aliphatic heterocycles. The maximum Gasteiger partial charge on any atom is 0.0285 e. The quantitative estimate of drug-likeness (QED) is 0.205. The first-order chi connectivity index (χ1) is 12.6. The average Bonchev–Trinajstić information content (AvgIpc) is 3.38. The molecule has 10 atom stereocenters. The van der Waals surface area contributed by atoms with Crippen LogP contribution in [0.15, 0.2) is 0 Å². The highest BCUT2D eigenvalue weighted by Crippen LogP contribution is 2.59. The standard InChI is InChI=1S/C23H43ISi2/c1-4-5-7-16-10-11-18(14-16)25(2)26(3)22-13-12-20-21(22)15-17-8-6-9-19(17)23(20)24/h16-23,25-26H,4-15H2,1-3H3. The minimum atomic E-state index is -0.480. The van der Waals surface area contributed by atoms with E-state index in [1.165, 1.54) is 29.8 Å². The molecule has 10 unspecified atom stereocenters. The molecule has 0 N–H and O–H groups in total. The Kier molecular flexibility index (Phi) is 6.99. The molecule has 0 aromatic carbocycles. The number of fused-ring (bicyclic) bond motifs is 2. The summed E-state index contributed by atoms with van der Waals surface area (Å²) in [5.74, 6) is 5.71. The van der Waals surface area contributed by atoms with E-state index in [0.717, 1.165) is 27.6 Å². The predicted molar refractivity (Wildman–Crippen MR) is 130 cm³/mol. The Morgan fingerprint density at radius 3 is 2.50 bits per heavy atom. The second-order valence-corrected chi connectivity index (χ2v) is 23.9. The molecule has 0 spiro atoms. The van der Waals surface area contributed by atoms with Gasteiger partial charge in [-0.1, -0.05) is 106 Å². The number of unbranched alkanes of at least 4 members (excludes halogenated alkanes) is 1. The lowest BCUT2D eigenvalue weighted by Crippen LogP contribution is -2.43. The summed E-state index contributed by atoms with van der Waals surface area (Å²) < 4.78 is 1.05. The van der Waals surface area contributed by atoms with E-state index in [-0.39, 0.29) is 0 Å². The van der Waals surface area contributed by atoms with Gasteiger partial charge >= 0.3 is 0 Å². The Hall–Kier alpha value is 1.16. The van der Waals surface area contributed by atoms with E-state index in [1.807, 2.05) is 0 Å². The molecule has 4 saturated carbocycles. The summed E-state index contributed by atoms with van der Waals surface area (Å²) in [6, 6.07) is 0. The zero-order valence-electron chi connectivity index (χ0n) is 17.6. The summed E-state index contributed by atoms with van der Waals surface area (Å²) in [5.41, 5.74) is 2.51. The molecule has 0 heterocycles. The first-order valence-corrected chi connectivity index (χ1v) is 19.8. The highest BCUT2D eigenvalue weighted by molar-refractivity contribution is 14.1. The van der Waals surface area contributed by atoms with Crippen molar-refractivity contribution in [3.05, 3.63) is 0 Å². The fraction of sp³-hybridized carbons (Fsp3) is 1.00. The van der Waals surface area contributed by atoms with E-state index in [1.54, 1.807) is 64.2 Å². The van der Waals surface area contributed by atoms with Crippen LogP contribution in [-0.2, 0) is 0 Å². The molecule has 0 aromatic rings. The fourth-order valence-corrected chi connectivity index (χ4v) is 22.5. The van der Waals surface area contributed by atoms with Crippen LogP contribution in [0.2, 0.25) is 24.2 Å². The van der Waals surface area contributed by atoms with Gasteiger partial charge in [-0.3, -0.25) is 0 Å². The van der Waals surface area contributed by atoms with Gasteiger partial charge in [0.25, 0.3) is 0 Å². The molecule has 0 bridgehead atoms. The Morgan fingerprint density at radius 2 is 1.69 bits per heavy atom. The van der Waals surface area contributed by atoms with Crippen molar-refractivity contribution < 1.29 is 0 Å². The molecular formula is C23H43ISi2. The van der Waals surface area contributed by atoms with Gasteiger partial charge < -0.3 is 0 Å². The zero-order chi connectivity index (χ0) is 18.3. The molecule has 4 aliphatic rings. The van der Waals surface area contributed by atoms with Gasteiger partial charge in [-0.15, -0.1) is 0 Å². The Balaban J connectivity index is 1.37. The van der Waals surface area contributed by atoms with Crippen molar-refractivity contribution in [1.82, 2.24) is 0 Å². The SMILES string of the molecule is CCCCC1CCC([SiH](C)[SiH](C)C2CCC3C(I)C4CCCC4CC32)C1. The number of rotatable bonds is 6. The summed E-state index contributed by atoms with van der Waals surface area (Å²) in [6.45, 7) is 8.08. The lowest BCUT2D eigenvalue weighted by atomic mass is 9.71. The summed E-state index contributed by atoms with van der Waals surface area (Å²) in [7, 11) is -0.935. The van der Waals surface area contributed by atoms with E-state index in [2.05, 4.69) is 42.6 Å². The molecule has 150 valence electrons. The summed E-state index contributed by atoms with van der Waals surface area (Å²) in [5, 5.41) is 0. The number of hydrogen-bond donors (Lipinski definition) is 0. The van der Waals surface area contributed by atoms with E-state index in [9.17, 15) is 0 Å². The normalized spacial score (nSPS) is 47.5. The maximum atomic E-state index is 2.92. The molecule has 0 nitrogen and oxygen atoms in total. The summed E-state index contributed by atoms with van der Waals surface area (Å²) >= 11 is 2.92. The Morgan fingerprint density at radius 1 is 0.846 bits per heavy atom.